The fraction of sp³-hybridized carbons (Fsp3) is 0.250. The summed E-state index contributed by atoms with van der Waals surface area (Å²) in [5, 5.41) is 19.1. The van der Waals surface area contributed by atoms with Gasteiger partial charge in [-0.1, -0.05) is 0 Å². The van der Waals surface area contributed by atoms with Gasteiger partial charge in [-0.05, 0) is 0 Å². The zero-order valence-corrected chi connectivity index (χ0v) is 4.01. The van der Waals surface area contributed by atoms with E-state index in [1.165, 1.54) is 0 Å². The lowest BCUT2D eigenvalue weighted by molar-refractivity contribution is -0.133. The largest absolute Gasteiger partial charge is 0.508 e. The van der Waals surface area contributed by atoms with Crippen molar-refractivity contribution in [3.8, 4) is 0 Å². The Hall–Kier alpha value is -1.19. The van der Waals surface area contributed by atoms with Crippen molar-refractivity contribution in [2.45, 2.75) is 0 Å². The van der Waals surface area contributed by atoms with Gasteiger partial charge in [-0.15, -0.1) is 0 Å². The minimum absolute atomic E-state index is 0.0718. The molecule has 0 aliphatic carbocycles. The van der Waals surface area contributed by atoms with Crippen LogP contribution in [0.5, 0.6) is 0 Å². The first-order chi connectivity index (χ1) is 3.72. The zero-order valence-electron chi connectivity index (χ0n) is 4.01. The van der Waals surface area contributed by atoms with Crippen molar-refractivity contribution in [2.24, 2.45) is 0 Å². The minimum Gasteiger partial charge on any atom is -0.508 e. The number of hydrogen-bond acceptors (Lipinski definition) is 3. The van der Waals surface area contributed by atoms with Crippen LogP contribution in [0.1, 0.15) is 0 Å². The van der Waals surface area contributed by atoms with E-state index < -0.39 is 5.97 Å². The van der Waals surface area contributed by atoms with E-state index in [2.05, 4.69) is 5.32 Å². The van der Waals surface area contributed by atoms with Crippen LogP contribution in [-0.2, 0) is 4.79 Å². The lowest BCUT2D eigenvalue weighted by Gasteiger charge is -2.16. The monoisotopic (exact) mass is 115 g/mol. The van der Waals surface area contributed by atoms with Crippen molar-refractivity contribution in [1.29, 1.82) is 0 Å². The van der Waals surface area contributed by atoms with Crippen molar-refractivity contribution < 1.29 is 15.0 Å². The Morgan fingerprint density at radius 1 is 1.75 bits per heavy atom. The van der Waals surface area contributed by atoms with E-state index in [-0.39, 0.29) is 18.0 Å². The van der Waals surface area contributed by atoms with Crippen LogP contribution in [0.2, 0.25) is 0 Å². The number of carboxylic acids is 1. The van der Waals surface area contributed by atoms with Gasteiger partial charge in [-0.25, -0.2) is 4.79 Å². The van der Waals surface area contributed by atoms with E-state index in [1.807, 2.05) is 0 Å². The third-order valence-electron chi connectivity index (χ3n) is 0.935. The SMILES string of the molecule is O=C(O)C1=C(O)CN1. The molecule has 0 spiro atoms. The van der Waals surface area contributed by atoms with E-state index in [1.54, 1.807) is 0 Å². The Kier molecular flexibility index (Phi) is 0.865. The lowest BCUT2D eigenvalue weighted by atomic mass is 10.2. The summed E-state index contributed by atoms with van der Waals surface area (Å²) in [6.45, 7) is 0.279. The fourth-order valence-electron chi connectivity index (χ4n) is 0.455. The third-order valence-corrected chi connectivity index (χ3v) is 0.935. The van der Waals surface area contributed by atoms with Gasteiger partial charge in [0.05, 0.1) is 6.54 Å². The second-order valence-electron chi connectivity index (χ2n) is 1.48. The van der Waals surface area contributed by atoms with E-state index >= 15 is 0 Å². The maximum Gasteiger partial charge on any atom is 0.355 e. The Morgan fingerprint density at radius 3 is 2.38 bits per heavy atom. The third kappa shape index (κ3) is 0.501. The highest BCUT2D eigenvalue weighted by molar-refractivity contribution is 5.88. The van der Waals surface area contributed by atoms with Crippen molar-refractivity contribution in [2.75, 3.05) is 6.54 Å². The molecule has 0 unspecified atom stereocenters. The molecule has 0 bridgehead atoms. The molecule has 44 valence electrons. The average Bonchev–Trinajstić information content (AvgIpc) is 1.61. The van der Waals surface area contributed by atoms with Gasteiger partial charge in [0.1, 0.15) is 5.76 Å². The molecule has 0 atom stereocenters. The normalized spacial score (nSPS) is 17.0. The topological polar surface area (TPSA) is 69.6 Å². The molecule has 1 aliphatic rings. The van der Waals surface area contributed by atoms with E-state index in [4.69, 9.17) is 10.2 Å². The van der Waals surface area contributed by atoms with E-state index in [9.17, 15) is 4.79 Å². The number of aliphatic carboxylic acids is 1. The van der Waals surface area contributed by atoms with Gasteiger partial charge < -0.3 is 15.5 Å². The van der Waals surface area contributed by atoms with Gasteiger partial charge in [0, 0.05) is 0 Å². The van der Waals surface area contributed by atoms with Gasteiger partial charge in [-0.2, -0.15) is 0 Å². The van der Waals surface area contributed by atoms with Gasteiger partial charge in [0.2, 0.25) is 0 Å². The second kappa shape index (κ2) is 1.40. The Bertz CT molecular complexity index is 161. The molecule has 3 N–H and O–H groups in total. The van der Waals surface area contributed by atoms with Crippen LogP contribution in [0.4, 0.5) is 0 Å². The maximum absolute atomic E-state index is 9.91. The highest BCUT2D eigenvalue weighted by atomic mass is 16.4. The molecule has 1 heterocycles. The van der Waals surface area contributed by atoms with Crippen molar-refractivity contribution in [1.82, 2.24) is 5.32 Å². The lowest BCUT2D eigenvalue weighted by Crippen LogP contribution is -2.34. The smallest absolute Gasteiger partial charge is 0.355 e. The van der Waals surface area contributed by atoms with Crippen LogP contribution < -0.4 is 5.32 Å². The molecular weight excluding hydrogens is 110 g/mol. The highest BCUT2D eigenvalue weighted by Crippen LogP contribution is 2.05. The van der Waals surface area contributed by atoms with Crippen LogP contribution in [0.3, 0.4) is 0 Å². The predicted octanol–water partition coefficient (Wildman–Crippen LogP) is -0.556. The number of rotatable bonds is 1. The number of hydrogen-bond donors (Lipinski definition) is 3. The van der Waals surface area contributed by atoms with E-state index in [0.29, 0.717) is 0 Å². The van der Waals surface area contributed by atoms with Crippen molar-refractivity contribution in [3.05, 3.63) is 11.5 Å². The summed E-state index contributed by atoms with van der Waals surface area (Å²) >= 11 is 0. The number of aliphatic hydroxyl groups is 1. The van der Waals surface area contributed by atoms with Crippen LogP contribution in [0.25, 0.3) is 0 Å². The first kappa shape index (κ1) is 4.96. The molecule has 1 rings (SSSR count). The predicted molar refractivity (Wildman–Crippen MR) is 25.3 cm³/mol. The van der Waals surface area contributed by atoms with Gasteiger partial charge >= 0.3 is 5.97 Å². The fourth-order valence-corrected chi connectivity index (χ4v) is 0.455. The molecule has 4 nitrogen and oxygen atoms in total. The van der Waals surface area contributed by atoms with Crippen LogP contribution in [0.15, 0.2) is 11.5 Å². The minimum atomic E-state index is -1.10. The second-order valence-corrected chi connectivity index (χ2v) is 1.48. The number of carboxylic acid groups (broad SMARTS) is 1. The molecule has 0 fully saturated rings. The number of aliphatic hydroxyl groups excluding tert-OH is 1. The summed E-state index contributed by atoms with van der Waals surface area (Å²) in [5.74, 6) is -1.17. The van der Waals surface area contributed by atoms with Crippen LogP contribution >= 0.6 is 0 Å². The molecule has 0 saturated carbocycles. The first-order valence-electron chi connectivity index (χ1n) is 2.11. The van der Waals surface area contributed by atoms with Gasteiger partial charge in [0.15, 0.2) is 5.70 Å². The van der Waals surface area contributed by atoms with Crippen LogP contribution in [-0.4, -0.2) is 22.7 Å². The van der Waals surface area contributed by atoms with Crippen molar-refractivity contribution >= 4 is 5.97 Å². The van der Waals surface area contributed by atoms with Crippen molar-refractivity contribution in [3.63, 3.8) is 0 Å². The molecular formula is C4H5NO3. The molecule has 8 heavy (non-hydrogen) atoms. The zero-order chi connectivity index (χ0) is 6.15. The summed E-state index contributed by atoms with van der Waals surface area (Å²) < 4.78 is 0. The maximum atomic E-state index is 9.91. The summed E-state index contributed by atoms with van der Waals surface area (Å²) in [6, 6.07) is 0. The van der Waals surface area contributed by atoms with Gasteiger partial charge in [-0.3, -0.25) is 0 Å². The molecule has 0 aromatic heterocycles. The Morgan fingerprint density at radius 2 is 2.38 bits per heavy atom. The Balaban J connectivity index is 2.74. The Labute approximate surface area is 45.4 Å². The number of nitrogens with one attached hydrogen (secondary N) is 1. The summed E-state index contributed by atoms with van der Waals surface area (Å²) in [7, 11) is 0. The highest BCUT2D eigenvalue weighted by Gasteiger charge is 2.21. The molecule has 0 aromatic carbocycles. The first-order valence-corrected chi connectivity index (χ1v) is 2.11. The standard InChI is InChI=1S/C4H5NO3/c6-2-1-5-3(2)4(7)8/h5-6H,1H2,(H,7,8). The number of carbonyl (C=O) groups is 1. The average molecular weight is 115 g/mol. The van der Waals surface area contributed by atoms with Crippen LogP contribution in [0, 0.1) is 0 Å². The molecule has 0 radical (unpaired) electrons. The molecule has 4 heteroatoms. The summed E-state index contributed by atoms with van der Waals surface area (Å²) in [6.07, 6.45) is 0. The molecule has 0 amide bonds. The molecule has 0 aromatic rings. The van der Waals surface area contributed by atoms with E-state index in [0.717, 1.165) is 0 Å². The summed E-state index contributed by atoms with van der Waals surface area (Å²) in [5.41, 5.74) is -0.0787. The summed E-state index contributed by atoms with van der Waals surface area (Å²) in [4.78, 5) is 9.91. The molecule has 1 aliphatic heterocycles. The molecule has 0 saturated heterocycles. The van der Waals surface area contributed by atoms with Gasteiger partial charge in [0.25, 0.3) is 0 Å². The quantitative estimate of drug-likeness (QED) is 0.428.